The van der Waals surface area contributed by atoms with Gasteiger partial charge in [0.2, 0.25) is 0 Å². The fourth-order valence-electron chi connectivity index (χ4n) is 1.09. The summed E-state index contributed by atoms with van der Waals surface area (Å²) in [6.07, 6.45) is 4.26. The van der Waals surface area contributed by atoms with E-state index in [-0.39, 0.29) is 0 Å². The van der Waals surface area contributed by atoms with E-state index in [4.69, 9.17) is 0 Å². The molecule has 1 nitrogen and oxygen atoms in total. The smallest absolute Gasteiger partial charge is 0.0181 e. The van der Waals surface area contributed by atoms with Crippen molar-refractivity contribution < 1.29 is 0 Å². The molecule has 0 atom stereocenters. The Morgan fingerprint density at radius 1 is 1.46 bits per heavy atom. The molecule has 2 heteroatoms. The third-order valence-corrected chi connectivity index (χ3v) is 2.35. The fourth-order valence-corrected chi connectivity index (χ4v) is 1.47. The molecule has 0 saturated heterocycles. The van der Waals surface area contributed by atoms with Crippen LogP contribution in [0.3, 0.4) is 0 Å². The van der Waals surface area contributed by atoms with E-state index in [2.05, 4.69) is 58.5 Å². The van der Waals surface area contributed by atoms with Crippen LogP contribution in [0.15, 0.2) is 28.7 Å². The second kappa shape index (κ2) is 5.20. The second-order valence-corrected chi connectivity index (χ2v) is 3.88. The highest BCUT2D eigenvalue weighted by Crippen LogP contribution is 2.16. The molecule has 1 rings (SSSR count). The lowest BCUT2D eigenvalue weighted by atomic mass is 10.1. The van der Waals surface area contributed by atoms with Crippen LogP contribution < -0.4 is 5.32 Å². The predicted molar refractivity (Wildman–Crippen MR) is 61.8 cm³/mol. The average Bonchev–Trinajstić information content (AvgIpc) is 2.11. The molecule has 0 aromatic heterocycles. The molecule has 0 heterocycles. The van der Waals surface area contributed by atoms with E-state index in [1.807, 2.05) is 7.05 Å². The average molecular weight is 240 g/mol. The Hall–Kier alpha value is -0.600. The van der Waals surface area contributed by atoms with Crippen LogP contribution in [0, 0.1) is 6.92 Å². The zero-order chi connectivity index (χ0) is 9.68. The highest BCUT2D eigenvalue weighted by molar-refractivity contribution is 9.10. The number of aryl methyl sites for hydroxylation is 1. The normalized spacial score (nSPS) is 11.0. The standard InChI is InChI=1S/C11H14BrN/c1-9-5-6-11(12)8-10(9)4-3-7-13-2/h3-6,8,13H,7H2,1-2H3. The van der Waals surface area contributed by atoms with E-state index in [9.17, 15) is 0 Å². The summed E-state index contributed by atoms with van der Waals surface area (Å²) in [7, 11) is 1.94. The maximum Gasteiger partial charge on any atom is 0.0181 e. The van der Waals surface area contributed by atoms with Crippen molar-refractivity contribution in [3.05, 3.63) is 39.9 Å². The summed E-state index contributed by atoms with van der Waals surface area (Å²) < 4.78 is 1.13. The molecule has 0 aliphatic carbocycles. The molecule has 70 valence electrons. The van der Waals surface area contributed by atoms with E-state index in [0.29, 0.717) is 0 Å². The molecular weight excluding hydrogens is 226 g/mol. The van der Waals surface area contributed by atoms with Gasteiger partial charge < -0.3 is 5.32 Å². The van der Waals surface area contributed by atoms with Crippen LogP contribution in [-0.4, -0.2) is 13.6 Å². The molecule has 1 aromatic rings. The van der Waals surface area contributed by atoms with Crippen molar-refractivity contribution in [2.75, 3.05) is 13.6 Å². The number of nitrogens with one attached hydrogen (secondary N) is 1. The van der Waals surface area contributed by atoms with Gasteiger partial charge in [-0.3, -0.25) is 0 Å². The maximum absolute atomic E-state index is 3.46. The summed E-state index contributed by atoms with van der Waals surface area (Å²) in [5.41, 5.74) is 2.57. The number of halogens is 1. The van der Waals surface area contributed by atoms with Gasteiger partial charge in [-0.25, -0.2) is 0 Å². The third-order valence-electron chi connectivity index (χ3n) is 1.86. The quantitative estimate of drug-likeness (QED) is 0.856. The van der Waals surface area contributed by atoms with Crippen molar-refractivity contribution in [2.45, 2.75) is 6.92 Å². The van der Waals surface area contributed by atoms with E-state index in [1.165, 1.54) is 11.1 Å². The van der Waals surface area contributed by atoms with E-state index in [1.54, 1.807) is 0 Å². The largest absolute Gasteiger partial charge is 0.316 e. The molecular formula is C11H14BrN. The fraction of sp³-hybridized carbons (Fsp3) is 0.273. The van der Waals surface area contributed by atoms with E-state index < -0.39 is 0 Å². The third kappa shape index (κ3) is 3.33. The van der Waals surface area contributed by atoms with E-state index in [0.717, 1.165) is 11.0 Å². The molecule has 13 heavy (non-hydrogen) atoms. The molecule has 0 aliphatic rings. The molecule has 0 saturated carbocycles. The van der Waals surface area contributed by atoms with Crippen molar-refractivity contribution in [1.29, 1.82) is 0 Å². The lowest BCUT2D eigenvalue weighted by molar-refractivity contribution is 0.922. The van der Waals surface area contributed by atoms with Crippen LogP contribution in [0.2, 0.25) is 0 Å². The monoisotopic (exact) mass is 239 g/mol. The molecule has 0 aliphatic heterocycles. The van der Waals surface area contributed by atoms with Gasteiger partial charge in [0.05, 0.1) is 0 Å². The highest BCUT2D eigenvalue weighted by atomic mass is 79.9. The first-order valence-corrected chi connectivity index (χ1v) is 5.10. The molecule has 1 N–H and O–H groups in total. The minimum absolute atomic E-state index is 0.909. The second-order valence-electron chi connectivity index (χ2n) is 2.96. The number of hydrogen-bond donors (Lipinski definition) is 1. The Labute approximate surface area is 88.0 Å². The Bertz CT molecular complexity index is 305. The summed E-state index contributed by atoms with van der Waals surface area (Å²) in [6, 6.07) is 6.30. The Balaban J connectivity index is 2.81. The van der Waals surface area contributed by atoms with Crippen molar-refractivity contribution in [2.24, 2.45) is 0 Å². The summed E-state index contributed by atoms with van der Waals surface area (Å²) in [5, 5.41) is 3.07. The van der Waals surface area contributed by atoms with Crippen LogP contribution in [0.4, 0.5) is 0 Å². The topological polar surface area (TPSA) is 12.0 Å². The maximum atomic E-state index is 3.46. The zero-order valence-electron chi connectivity index (χ0n) is 7.97. The zero-order valence-corrected chi connectivity index (χ0v) is 9.56. The van der Waals surface area contributed by atoms with Gasteiger partial charge in [-0.2, -0.15) is 0 Å². The van der Waals surface area contributed by atoms with Crippen molar-refractivity contribution in [3.63, 3.8) is 0 Å². The minimum atomic E-state index is 0.909. The van der Waals surface area contributed by atoms with E-state index >= 15 is 0 Å². The first-order chi connectivity index (χ1) is 6.24. The predicted octanol–water partition coefficient (Wildman–Crippen LogP) is 2.99. The molecule has 0 amide bonds. The van der Waals surface area contributed by atoms with Crippen LogP contribution >= 0.6 is 15.9 Å². The van der Waals surface area contributed by atoms with Crippen LogP contribution in [0.25, 0.3) is 6.08 Å². The van der Waals surface area contributed by atoms with Crippen LogP contribution in [-0.2, 0) is 0 Å². The van der Waals surface area contributed by atoms with Crippen LogP contribution in [0.1, 0.15) is 11.1 Å². The highest BCUT2D eigenvalue weighted by Gasteiger charge is 1.93. The Morgan fingerprint density at radius 2 is 2.23 bits per heavy atom. The van der Waals surface area contributed by atoms with Crippen molar-refractivity contribution >= 4 is 22.0 Å². The van der Waals surface area contributed by atoms with Gasteiger partial charge in [0, 0.05) is 11.0 Å². The minimum Gasteiger partial charge on any atom is -0.316 e. The molecule has 0 bridgehead atoms. The Morgan fingerprint density at radius 3 is 2.92 bits per heavy atom. The summed E-state index contributed by atoms with van der Waals surface area (Å²) in [6.45, 7) is 3.03. The summed E-state index contributed by atoms with van der Waals surface area (Å²) >= 11 is 3.46. The number of hydrogen-bond acceptors (Lipinski definition) is 1. The molecule has 0 fully saturated rings. The molecule has 0 unspecified atom stereocenters. The van der Waals surface area contributed by atoms with Gasteiger partial charge in [0.25, 0.3) is 0 Å². The van der Waals surface area contributed by atoms with Gasteiger partial charge in [-0.05, 0) is 37.2 Å². The van der Waals surface area contributed by atoms with Crippen LogP contribution in [0.5, 0.6) is 0 Å². The van der Waals surface area contributed by atoms with Crippen molar-refractivity contribution in [1.82, 2.24) is 5.32 Å². The molecule has 0 spiro atoms. The number of likely N-dealkylation sites (N-methyl/N-ethyl adjacent to an activating group) is 1. The van der Waals surface area contributed by atoms with Crippen molar-refractivity contribution in [3.8, 4) is 0 Å². The summed E-state index contributed by atoms with van der Waals surface area (Å²) in [5.74, 6) is 0. The summed E-state index contributed by atoms with van der Waals surface area (Å²) in [4.78, 5) is 0. The number of rotatable bonds is 3. The first-order valence-electron chi connectivity index (χ1n) is 4.31. The first kappa shape index (κ1) is 10.5. The SMILES string of the molecule is CNCC=Cc1cc(Br)ccc1C. The molecule has 1 aromatic carbocycles. The van der Waals surface area contributed by atoms with Gasteiger partial charge in [-0.15, -0.1) is 0 Å². The lowest BCUT2D eigenvalue weighted by Crippen LogP contribution is -2.03. The van der Waals surface area contributed by atoms with Gasteiger partial charge in [0.1, 0.15) is 0 Å². The lowest BCUT2D eigenvalue weighted by Gasteiger charge is -2.00. The molecule has 0 radical (unpaired) electrons. The van der Waals surface area contributed by atoms with Gasteiger partial charge >= 0.3 is 0 Å². The Kier molecular flexibility index (Phi) is 4.19. The number of benzene rings is 1. The van der Waals surface area contributed by atoms with Gasteiger partial charge in [-0.1, -0.05) is 34.1 Å². The van der Waals surface area contributed by atoms with Gasteiger partial charge in [0.15, 0.2) is 0 Å².